The molecular weight excluding hydrogens is 158 g/mol. The Morgan fingerprint density at radius 2 is 2.25 bits per heavy atom. The van der Waals surface area contributed by atoms with Crippen LogP contribution in [0.5, 0.6) is 0 Å². The van der Waals surface area contributed by atoms with Gasteiger partial charge < -0.3 is 4.90 Å². The third-order valence-electron chi connectivity index (χ3n) is 1.71. The van der Waals surface area contributed by atoms with E-state index in [1.165, 1.54) is 9.91 Å². The monoisotopic (exact) mass is 171 g/mol. The molecule has 1 aliphatic heterocycles. The number of nitrogens with zero attached hydrogens (tertiary/aromatic N) is 2. The van der Waals surface area contributed by atoms with Gasteiger partial charge in [-0.2, -0.15) is 0 Å². The molecule has 1 rings (SSSR count). The van der Waals surface area contributed by atoms with E-state index in [4.69, 9.17) is 0 Å². The van der Waals surface area contributed by atoms with Crippen LogP contribution in [0.25, 0.3) is 0 Å². The summed E-state index contributed by atoms with van der Waals surface area (Å²) in [6, 6.07) is -0.259. The maximum absolute atomic E-state index is 11.1. The molecule has 1 fully saturated rings. The van der Waals surface area contributed by atoms with E-state index in [0.29, 0.717) is 13.0 Å². The molecule has 0 aromatic rings. The van der Waals surface area contributed by atoms with Gasteiger partial charge in [-0.25, -0.2) is 10.2 Å². The highest BCUT2D eigenvalue weighted by Gasteiger charge is 2.22. The molecule has 0 unspecified atom stereocenters. The van der Waals surface area contributed by atoms with Gasteiger partial charge in [0.1, 0.15) is 0 Å². The Bertz CT molecular complexity index is 203. The van der Waals surface area contributed by atoms with Crippen molar-refractivity contribution in [3.05, 3.63) is 0 Å². The Balaban J connectivity index is 2.40. The Labute approximate surface area is 71.3 Å². The van der Waals surface area contributed by atoms with Crippen LogP contribution in [-0.2, 0) is 4.79 Å². The molecule has 0 atom stereocenters. The second kappa shape index (κ2) is 3.42. The van der Waals surface area contributed by atoms with Gasteiger partial charge in [-0.3, -0.25) is 9.80 Å². The molecule has 1 aliphatic rings. The second-order valence-corrected chi connectivity index (χ2v) is 2.96. The fourth-order valence-electron chi connectivity index (χ4n) is 0.982. The number of amides is 3. The first kappa shape index (κ1) is 8.83. The molecule has 1 saturated heterocycles. The van der Waals surface area contributed by atoms with E-state index in [-0.39, 0.29) is 11.9 Å². The molecule has 0 radical (unpaired) electrons. The van der Waals surface area contributed by atoms with Gasteiger partial charge in [0.25, 0.3) is 0 Å². The van der Waals surface area contributed by atoms with Crippen LogP contribution >= 0.6 is 0 Å². The van der Waals surface area contributed by atoms with E-state index in [1.54, 1.807) is 14.1 Å². The van der Waals surface area contributed by atoms with Crippen LogP contribution in [0.15, 0.2) is 0 Å². The van der Waals surface area contributed by atoms with Crippen LogP contribution in [0, 0.1) is 0 Å². The maximum Gasteiger partial charge on any atom is 0.335 e. The summed E-state index contributed by atoms with van der Waals surface area (Å²) in [5.41, 5.74) is 2.50. The highest BCUT2D eigenvalue weighted by molar-refractivity contribution is 5.82. The molecular formula is C7H13N3O2. The van der Waals surface area contributed by atoms with Crippen molar-refractivity contribution >= 4 is 11.9 Å². The first-order chi connectivity index (χ1) is 5.61. The quantitative estimate of drug-likeness (QED) is 0.593. The van der Waals surface area contributed by atoms with Crippen molar-refractivity contribution in [1.29, 1.82) is 0 Å². The summed E-state index contributed by atoms with van der Waals surface area (Å²) in [4.78, 5) is 23.5. The smallest absolute Gasteiger partial charge is 0.330 e. The molecule has 5 heteroatoms. The summed E-state index contributed by atoms with van der Waals surface area (Å²) >= 11 is 0. The van der Waals surface area contributed by atoms with Crippen molar-refractivity contribution in [2.45, 2.75) is 12.8 Å². The molecule has 3 amide bonds. The molecule has 0 saturated carbocycles. The second-order valence-electron chi connectivity index (χ2n) is 2.96. The minimum Gasteiger partial charge on any atom is -0.330 e. The first-order valence-corrected chi connectivity index (χ1v) is 3.89. The third kappa shape index (κ3) is 1.87. The summed E-state index contributed by atoms with van der Waals surface area (Å²) in [7, 11) is 3.27. The standard InChI is InChI=1S/C7H13N3O2/c1-9(2)7(12)8-10-5-3-4-6(10)11/h3-5H2,1-2H3,(H,8,12). The summed E-state index contributed by atoms with van der Waals surface area (Å²) in [5.74, 6) is -0.00907. The van der Waals surface area contributed by atoms with Crippen molar-refractivity contribution < 1.29 is 9.59 Å². The minimum absolute atomic E-state index is 0.00907. The van der Waals surface area contributed by atoms with Crippen LogP contribution in [0.4, 0.5) is 4.79 Å². The fraction of sp³-hybridized carbons (Fsp3) is 0.714. The number of hydrogen-bond donors (Lipinski definition) is 1. The maximum atomic E-state index is 11.1. The molecule has 0 spiro atoms. The fourth-order valence-corrected chi connectivity index (χ4v) is 0.982. The van der Waals surface area contributed by atoms with Gasteiger partial charge >= 0.3 is 6.03 Å². The minimum atomic E-state index is -0.259. The number of hydrogen-bond acceptors (Lipinski definition) is 2. The topological polar surface area (TPSA) is 52.7 Å². The Hall–Kier alpha value is -1.26. The molecule has 0 aromatic carbocycles. The van der Waals surface area contributed by atoms with Crippen molar-refractivity contribution in [3.8, 4) is 0 Å². The van der Waals surface area contributed by atoms with Gasteiger partial charge in [-0.05, 0) is 6.42 Å². The SMILES string of the molecule is CN(C)C(=O)NN1CCCC1=O. The Kier molecular flexibility index (Phi) is 2.52. The van der Waals surface area contributed by atoms with Crippen molar-refractivity contribution in [2.24, 2.45) is 0 Å². The number of urea groups is 1. The zero-order chi connectivity index (χ0) is 9.14. The van der Waals surface area contributed by atoms with Gasteiger partial charge in [-0.15, -0.1) is 0 Å². The summed E-state index contributed by atoms with van der Waals surface area (Å²) in [5, 5.41) is 1.36. The average molecular weight is 171 g/mol. The number of hydrazine groups is 1. The third-order valence-corrected chi connectivity index (χ3v) is 1.71. The van der Waals surface area contributed by atoms with E-state index in [1.807, 2.05) is 0 Å². The molecule has 1 heterocycles. The average Bonchev–Trinajstić information content (AvgIpc) is 2.36. The Morgan fingerprint density at radius 3 is 2.67 bits per heavy atom. The molecule has 0 bridgehead atoms. The predicted molar refractivity (Wildman–Crippen MR) is 43.2 cm³/mol. The van der Waals surface area contributed by atoms with Gasteiger partial charge in [-0.1, -0.05) is 0 Å². The lowest BCUT2D eigenvalue weighted by Crippen LogP contribution is -2.47. The summed E-state index contributed by atoms with van der Waals surface area (Å²) in [6.45, 7) is 0.623. The zero-order valence-corrected chi connectivity index (χ0v) is 7.33. The number of carbonyl (C=O) groups excluding carboxylic acids is 2. The normalized spacial score (nSPS) is 16.5. The van der Waals surface area contributed by atoms with Crippen molar-refractivity contribution in [1.82, 2.24) is 15.3 Å². The molecule has 68 valence electrons. The lowest BCUT2D eigenvalue weighted by Gasteiger charge is -2.19. The van der Waals surface area contributed by atoms with Crippen molar-refractivity contribution in [3.63, 3.8) is 0 Å². The first-order valence-electron chi connectivity index (χ1n) is 3.89. The predicted octanol–water partition coefficient (Wildman–Crippen LogP) is -0.205. The van der Waals surface area contributed by atoms with E-state index in [9.17, 15) is 9.59 Å². The molecule has 5 nitrogen and oxygen atoms in total. The van der Waals surface area contributed by atoms with Gasteiger partial charge in [0, 0.05) is 27.1 Å². The molecule has 0 aliphatic carbocycles. The van der Waals surface area contributed by atoms with Crippen LogP contribution in [0.1, 0.15) is 12.8 Å². The lowest BCUT2D eigenvalue weighted by molar-refractivity contribution is -0.129. The van der Waals surface area contributed by atoms with Gasteiger partial charge in [0.05, 0.1) is 0 Å². The summed E-state index contributed by atoms with van der Waals surface area (Å²) in [6.07, 6.45) is 1.36. The van der Waals surface area contributed by atoms with E-state index in [0.717, 1.165) is 6.42 Å². The van der Waals surface area contributed by atoms with Gasteiger partial charge in [0.15, 0.2) is 0 Å². The van der Waals surface area contributed by atoms with Gasteiger partial charge in [0.2, 0.25) is 5.91 Å². The zero-order valence-electron chi connectivity index (χ0n) is 7.33. The van der Waals surface area contributed by atoms with E-state index in [2.05, 4.69) is 5.43 Å². The van der Waals surface area contributed by atoms with Crippen molar-refractivity contribution in [2.75, 3.05) is 20.6 Å². The number of nitrogens with one attached hydrogen (secondary N) is 1. The van der Waals surface area contributed by atoms with Crippen LogP contribution < -0.4 is 5.43 Å². The van der Waals surface area contributed by atoms with E-state index >= 15 is 0 Å². The highest BCUT2D eigenvalue weighted by Crippen LogP contribution is 2.05. The Morgan fingerprint density at radius 1 is 1.58 bits per heavy atom. The van der Waals surface area contributed by atoms with Crippen LogP contribution in [0.2, 0.25) is 0 Å². The largest absolute Gasteiger partial charge is 0.335 e. The highest BCUT2D eigenvalue weighted by atomic mass is 16.2. The van der Waals surface area contributed by atoms with E-state index < -0.39 is 0 Å². The number of carbonyl (C=O) groups is 2. The molecule has 0 aromatic heterocycles. The summed E-state index contributed by atoms with van der Waals surface area (Å²) < 4.78 is 0. The van der Waals surface area contributed by atoms with Crippen LogP contribution in [-0.4, -0.2) is 42.5 Å². The molecule has 1 N–H and O–H groups in total. The lowest BCUT2D eigenvalue weighted by atomic mass is 10.4. The molecule has 12 heavy (non-hydrogen) atoms. The van der Waals surface area contributed by atoms with Crippen LogP contribution in [0.3, 0.4) is 0 Å². The number of rotatable bonds is 1.